The minimum Gasteiger partial charge on any atom is -0.390 e. The summed E-state index contributed by atoms with van der Waals surface area (Å²) in [7, 11) is 0. The molecule has 0 saturated carbocycles. The zero-order valence-electron chi connectivity index (χ0n) is 9.56. The SMILES string of the molecule is O=[N+]([O-])c1nc(Br)n(Cc2cccc([N+](=O)[O-])c2F)n1. The Morgan fingerprint density at radius 1 is 1.30 bits per heavy atom. The van der Waals surface area contributed by atoms with E-state index < -0.39 is 27.3 Å². The van der Waals surface area contributed by atoms with Crippen molar-refractivity contribution in [2.45, 2.75) is 6.54 Å². The summed E-state index contributed by atoms with van der Waals surface area (Å²) in [5.41, 5.74) is -0.701. The number of aromatic nitrogens is 3. The average Bonchev–Trinajstić information content (AvgIpc) is 2.73. The highest BCUT2D eigenvalue weighted by Crippen LogP contribution is 2.22. The molecule has 9 nitrogen and oxygen atoms in total. The number of halogens is 2. The largest absolute Gasteiger partial charge is 0.492 e. The van der Waals surface area contributed by atoms with Crippen molar-refractivity contribution < 1.29 is 14.2 Å². The van der Waals surface area contributed by atoms with Gasteiger partial charge in [-0.1, -0.05) is 12.1 Å². The summed E-state index contributed by atoms with van der Waals surface area (Å²) < 4.78 is 14.9. The molecule has 0 aliphatic carbocycles. The number of rotatable bonds is 4. The lowest BCUT2D eigenvalue weighted by Gasteiger charge is -2.01. The van der Waals surface area contributed by atoms with E-state index in [9.17, 15) is 24.6 Å². The van der Waals surface area contributed by atoms with E-state index in [1.807, 2.05) is 0 Å². The molecule has 0 amide bonds. The molecule has 104 valence electrons. The second-order valence-electron chi connectivity index (χ2n) is 3.60. The summed E-state index contributed by atoms with van der Waals surface area (Å²) in [6.07, 6.45) is 0. The molecule has 0 radical (unpaired) electrons. The molecule has 0 saturated heterocycles. The third kappa shape index (κ3) is 2.61. The predicted molar refractivity (Wildman–Crippen MR) is 66.5 cm³/mol. The predicted octanol–water partition coefficient (Wildman–Crippen LogP) is 2.04. The first-order valence-electron chi connectivity index (χ1n) is 5.06. The smallest absolute Gasteiger partial charge is 0.390 e. The summed E-state index contributed by atoms with van der Waals surface area (Å²) in [6, 6.07) is 3.66. The average molecular weight is 346 g/mol. The van der Waals surface area contributed by atoms with E-state index in [2.05, 4.69) is 26.0 Å². The molecule has 20 heavy (non-hydrogen) atoms. The van der Waals surface area contributed by atoms with Gasteiger partial charge in [-0.2, -0.15) is 9.07 Å². The van der Waals surface area contributed by atoms with Crippen molar-refractivity contribution in [3.63, 3.8) is 0 Å². The van der Waals surface area contributed by atoms with Crippen LogP contribution in [0.3, 0.4) is 0 Å². The van der Waals surface area contributed by atoms with Gasteiger partial charge in [0.1, 0.15) is 0 Å². The number of hydrogen-bond donors (Lipinski definition) is 0. The van der Waals surface area contributed by atoms with Gasteiger partial charge in [0.15, 0.2) is 0 Å². The van der Waals surface area contributed by atoms with Gasteiger partial charge in [-0.05, 0) is 9.91 Å². The normalized spacial score (nSPS) is 10.5. The van der Waals surface area contributed by atoms with Crippen LogP contribution >= 0.6 is 15.9 Å². The van der Waals surface area contributed by atoms with Gasteiger partial charge in [0.05, 0.1) is 11.5 Å². The van der Waals surface area contributed by atoms with Crippen LogP contribution < -0.4 is 0 Å². The monoisotopic (exact) mass is 345 g/mol. The van der Waals surface area contributed by atoms with Crippen LogP contribution in [0.15, 0.2) is 22.9 Å². The molecule has 1 aromatic heterocycles. The highest BCUT2D eigenvalue weighted by Gasteiger charge is 2.23. The van der Waals surface area contributed by atoms with Crippen molar-refractivity contribution in [3.05, 3.63) is 54.5 Å². The molecule has 0 aliphatic rings. The Morgan fingerprint density at radius 3 is 2.55 bits per heavy atom. The summed E-state index contributed by atoms with van der Waals surface area (Å²) in [6.45, 7) is -0.227. The van der Waals surface area contributed by atoms with Crippen LogP contribution in [0.2, 0.25) is 0 Å². The summed E-state index contributed by atoms with van der Waals surface area (Å²) in [5, 5.41) is 24.7. The summed E-state index contributed by atoms with van der Waals surface area (Å²) in [4.78, 5) is 23.0. The van der Waals surface area contributed by atoms with Crippen molar-refractivity contribution in [3.8, 4) is 0 Å². The number of benzene rings is 1. The molecular formula is C9H5BrFN5O4. The fraction of sp³-hybridized carbons (Fsp3) is 0.111. The molecule has 0 spiro atoms. The van der Waals surface area contributed by atoms with Crippen molar-refractivity contribution in [1.82, 2.24) is 14.8 Å². The van der Waals surface area contributed by atoms with Crippen LogP contribution in [0, 0.1) is 26.0 Å². The molecule has 0 bridgehead atoms. The lowest BCUT2D eigenvalue weighted by molar-refractivity contribution is -0.394. The summed E-state index contributed by atoms with van der Waals surface area (Å²) in [5.74, 6) is -1.66. The molecule has 0 aliphatic heterocycles. The third-order valence-electron chi connectivity index (χ3n) is 2.35. The van der Waals surface area contributed by atoms with E-state index in [4.69, 9.17) is 0 Å². The first-order valence-corrected chi connectivity index (χ1v) is 5.86. The number of nitro groups is 2. The van der Waals surface area contributed by atoms with Crippen molar-refractivity contribution in [1.29, 1.82) is 0 Å². The Morgan fingerprint density at radius 2 is 2.00 bits per heavy atom. The minimum atomic E-state index is -1.01. The Hall–Kier alpha value is -2.43. The lowest BCUT2D eigenvalue weighted by atomic mass is 10.2. The van der Waals surface area contributed by atoms with Crippen LogP contribution in [-0.2, 0) is 6.54 Å². The second kappa shape index (κ2) is 5.28. The van der Waals surface area contributed by atoms with Gasteiger partial charge in [-0.25, -0.2) is 0 Å². The molecule has 0 fully saturated rings. The Balaban J connectivity index is 2.38. The quantitative estimate of drug-likeness (QED) is 0.618. The zero-order valence-corrected chi connectivity index (χ0v) is 11.2. The van der Waals surface area contributed by atoms with Crippen molar-refractivity contribution in [2.24, 2.45) is 0 Å². The topological polar surface area (TPSA) is 117 Å². The van der Waals surface area contributed by atoms with Crippen LogP contribution in [0.25, 0.3) is 0 Å². The molecule has 0 atom stereocenters. The first-order chi connectivity index (χ1) is 9.40. The van der Waals surface area contributed by atoms with E-state index in [1.54, 1.807) is 0 Å². The van der Waals surface area contributed by atoms with E-state index in [0.29, 0.717) is 0 Å². The van der Waals surface area contributed by atoms with Crippen LogP contribution in [0.4, 0.5) is 16.0 Å². The summed E-state index contributed by atoms with van der Waals surface area (Å²) >= 11 is 2.94. The van der Waals surface area contributed by atoms with Gasteiger partial charge >= 0.3 is 11.6 Å². The zero-order chi connectivity index (χ0) is 14.9. The van der Waals surface area contributed by atoms with Gasteiger partial charge in [-0.3, -0.25) is 10.1 Å². The minimum absolute atomic E-state index is 0.0232. The van der Waals surface area contributed by atoms with Crippen LogP contribution in [0.5, 0.6) is 0 Å². The van der Waals surface area contributed by atoms with Gasteiger partial charge < -0.3 is 10.1 Å². The maximum atomic E-state index is 13.9. The third-order valence-corrected chi connectivity index (χ3v) is 2.94. The fourth-order valence-corrected chi connectivity index (χ4v) is 1.84. The molecule has 1 aromatic carbocycles. The highest BCUT2D eigenvalue weighted by atomic mass is 79.9. The number of nitro benzene ring substituents is 1. The molecular weight excluding hydrogens is 341 g/mol. The first kappa shape index (κ1) is 14.0. The second-order valence-corrected chi connectivity index (χ2v) is 4.31. The van der Waals surface area contributed by atoms with Gasteiger partial charge in [-0.15, -0.1) is 0 Å². The molecule has 11 heteroatoms. The molecule has 2 aromatic rings. The lowest BCUT2D eigenvalue weighted by Crippen LogP contribution is -2.06. The van der Waals surface area contributed by atoms with Crippen LogP contribution in [-0.4, -0.2) is 24.6 Å². The maximum Gasteiger partial charge on any atom is 0.492 e. The molecule has 2 rings (SSSR count). The Kier molecular flexibility index (Phi) is 3.70. The maximum absolute atomic E-state index is 13.9. The van der Waals surface area contributed by atoms with E-state index >= 15 is 0 Å². The molecule has 0 N–H and O–H groups in total. The van der Waals surface area contributed by atoms with Crippen LogP contribution in [0.1, 0.15) is 5.56 Å². The number of hydrogen-bond acceptors (Lipinski definition) is 6. The van der Waals surface area contributed by atoms with Gasteiger partial charge in [0.25, 0.3) is 4.73 Å². The van der Waals surface area contributed by atoms with Gasteiger partial charge in [0, 0.05) is 32.7 Å². The molecule has 1 heterocycles. The fourth-order valence-electron chi connectivity index (χ4n) is 1.48. The van der Waals surface area contributed by atoms with E-state index in [0.717, 1.165) is 10.7 Å². The van der Waals surface area contributed by atoms with Gasteiger partial charge in [0.2, 0.25) is 5.82 Å². The highest BCUT2D eigenvalue weighted by molar-refractivity contribution is 9.10. The van der Waals surface area contributed by atoms with E-state index in [1.165, 1.54) is 12.1 Å². The Labute approximate surface area is 118 Å². The standard InChI is InChI=1S/C9H5BrFN5O4/c10-8-12-9(16(19)20)13-14(8)4-5-2-1-3-6(7(5)11)15(17)18/h1-3H,4H2. The van der Waals surface area contributed by atoms with Crippen molar-refractivity contribution >= 4 is 27.6 Å². The van der Waals surface area contributed by atoms with E-state index in [-0.39, 0.29) is 16.8 Å². The Bertz CT molecular complexity index is 704. The molecule has 0 unspecified atom stereocenters. The van der Waals surface area contributed by atoms with Crippen molar-refractivity contribution in [2.75, 3.05) is 0 Å². The number of nitrogens with zero attached hydrogens (tertiary/aromatic N) is 5.